The van der Waals surface area contributed by atoms with Gasteiger partial charge in [0.2, 0.25) is 0 Å². The van der Waals surface area contributed by atoms with E-state index < -0.39 is 0 Å². The van der Waals surface area contributed by atoms with Gasteiger partial charge in [0.1, 0.15) is 5.82 Å². The summed E-state index contributed by atoms with van der Waals surface area (Å²) in [5.74, 6) is -0.154. The zero-order chi connectivity index (χ0) is 15.0. The van der Waals surface area contributed by atoms with Crippen LogP contribution in [0, 0.1) is 5.82 Å². The summed E-state index contributed by atoms with van der Waals surface area (Å²) < 4.78 is 13.5. The standard InChI is InChI=1S/C17H29FN2/c1-5-7-8-11-20(14(3)4)17-10-9-16(18)12-15(17)13-19-6-2/h9-10,12,14,19H,5-8,11,13H2,1-4H3. The minimum atomic E-state index is -0.154. The second-order valence-electron chi connectivity index (χ2n) is 5.55. The van der Waals surface area contributed by atoms with E-state index in [9.17, 15) is 4.39 Å². The molecule has 20 heavy (non-hydrogen) atoms. The normalized spacial score (nSPS) is 11.1. The van der Waals surface area contributed by atoms with Crippen molar-refractivity contribution in [3.8, 4) is 0 Å². The molecule has 0 aromatic heterocycles. The quantitative estimate of drug-likeness (QED) is 0.677. The molecule has 3 heteroatoms. The van der Waals surface area contributed by atoms with Crippen molar-refractivity contribution in [1.82, 2.24) is 5.32 Å². The number of hydrogen-bond donors (Lipinski definition) is 1. The number of halogens is 1. The van der Waals surface area contributed by atoms with E-state index in [1.165, 1.54) is 24.9 Å². The van der Waals surface area contributed by atoms with Crippen LogP contribution in [0.3, 0.4) is 0 Å². The highest BCUT2D eigenvalue weighted by Gasteiger charge is 2.14. The molecule has 114 valence electrons. The molecular formula is C17H29FN2. The third kappa shape index (κ3) is 5.12. The first-order valence-electron chi connectivity index (χ1n) is 7.85. The molecule has 1 aromatic carbocycles. The van der Waals surface area contributed by atoms with Crippen LogP contribution in [0.1, 0.15) is 52.5 Å². The van der Waals surface area contributed by atoms with Gasteiger partial charge >= 0.3 is 0 Å². The summed E-state index contributed by atoms with van der Waals surface area (Å²) in [6.07, 6.45) is 3.65. The maximum absolute atomic E-state index is 13.5. The molecule has 0 amide bonds. The Morgan fingerprint density at radius 3 is 2.55 bits per heavy atom. The van der Waals surface area contributed by atoms with Crippen LogP contribution in [0.25, 0.3) is 0 Å². The number of rotatable bonds is 9. The molecule has 0 heterocycles. The van der Waals surface area contributed by atoms with Crippen molar-refractivity contribution in [2.75, 3.05) is 18.0 Å². The lowest BCUT2D eigenvalue weighted by molar-refractivity contribution is 0.607. The lowest BCUT2D eigenvalue weighted by atomic mass is 10.1. The number of anilines is 1. The Hall–Kier alpha value is -1.09. The Bertz CT molecular complexity index is 391. The SMILES string of the molecule is CCCCCN(c1ccc(F)cc1CNCC)C(C)C. The van der Waals surface area contributed by atoms with Crippen LogP contribution in [0.5, 0.6) is 0 Å². The Kier molecular flexibility index (Phi) is 7.60. The molecule has 0 fully saturated rings. The molecule has 0 spiro atoms. The number of nitrogens with one attached hydrogen (secondary N) is 1. The highest BCUT2D eigenvalue weighted by molar-refractivity contribution is 5.54. The average molecular weight is 280 g/mol. The topological polar surface area (TPSA) is 15.3 Å². The van der Waals surface area contributed by atoms with Crippen molar-refractivity contribution in [3.05, 3.63) is 29.6 Å². The summed E-state index contributed by atoms with van der Waals surface area (Å²) in [4.78, 5) is 2.39. The fourth-order valence-corrected chi connectivity index (χ4v) is 2.42. The lowest BCUT2D eigenvalue weighted by Gasteiger charge is -2.31. The molecular weight excluding hydrogens is 251 g/mol. The Morgan fingerprint density at radius 1 is 1.20 bits per heavy atom. The number of benzene rings is 1. The molecule has 0 radical (unpaired) electrons. The fraction of sp³-hybridized carbons (Fsp3) is 0.647. The molecule has 0 bridgehead atoms. The average Bonchev–Trinajstić information content (AvgIpc) is 2.42. The highest BCUT2D eigenvalue weighted by Crippen LogP contribution is 2.24. The zero-order valence-electron chi connectivity index (χ0n) is 13.4. The van der Waals surface area contributed by atoms with E-state index >= 15 is 0 Å². The van der Waals surface area contributed by atoms with Gasteiger partial charge in [-0.3, -0.25) is 0 Å². The first-order chi connectivity index (χ1) is 9.60. The molecule has 1 N–H and O–H groups in total. The van der Waals surface area contributed by atoms with E-state index in [0.29, 0.717) is 6.04 Å². The van der Waals surface area contributed by atoms with Crippen molar-refractivity contribution in [2.45, 2.75) is 59.5 Å². The van der Waals surface area contributed by atoms with Crippen LogP contribution < -0.4 is 10.2 Å². The summed E-state index contributed by atoms with van der Waals surface area (Å²) in [5.41, 5.74) is 2.22. The molecule has 1 rings (SSSR count). The molecule has 2 nitrogen and oxygen atoms in total. The van der Waals surface area contributed by atoms with E-state index in [4.69, 9.17) is 0 Å². The minimum Gasteiger partial charge on any atom is -0.369 e. The molecule has 0 atom stereocenters. The van der Waals surface area contributed by atoms with Crippen LogP contribution in [-0.2, 0) is 6.54 Å². The van der Waals surface area contributed by atoms with Gasteiger partial charge in [-0.15, -0.1) is 0 Å². The molecule has 0 aliphatic rings. The Balaban J connectivity index is 2.92. The largest absolute Gasteiger partial charge is 0.369 e. The summed E-state index contributed by atoms with van der Waals surface area (Å²) in [5, 5.41) is 3.30. The van der Waals surface area contributed by atoms with Gasteiger partial charge in [-0.05, 0) is 50.6 Å². The van der Waals surface area contributed by atoms with Crippen molar-refractivity contribution >= 4 is 5.69 Å². The summed E-state index contributed by atoms with van der Waals surface area (Å²) in [6, 6.07) is 5.58. The van der Waals surface area contributed by atoms with Crippen molar-refractivity contribution < 1.29 is 4.39 Å². The third-order valence-corrected chi connectivity index (χ3v) is 3.54. The molecule has 1 aromatic rings. The monoisotopic (exact) mass is 280 g/mol. The highest BCUT2D eigenvalue weighted by atomic mass is 19.1. The molecule has 0 saturated carbocycles. The van der Waals surface area contributed by atoms with Gasteiger partial charge in [0.05, 0.1) is 0 Å². The van der Waals surface area contributed by atoms with Gasteiger partial charge in [0, 0.05) is 24.8 Å². The molecule has 0 saturated heterocycles. The second-order valence-corrected chi connectivity index (χ2v) is 5.55. The van der Waals surface area contributed by atoms with Crippen molar-refractivity contribution in [2.24, 2.45) is 0 Å². The third-order valence-electron chi connectivity index (χ3n) is 3.54. The first kappa shape index (κ1) is 17.0. The smallest absolute Gasteiger partial charge is 0.123 e. The van der Waals surface area contributed by atoms with Crippen molar-refractivity contribution in [1.29, 1.82) is 0 Å². The van der Waals surface area contributed by atoms with E-state index in [1.807, 2.05) is 6.07 Å². The summed E-state index contributed by atoms with van der Waals surface area (Å²) in [7, 11) is 0. The minimum absolute atomic E-state index is 0.154. The van der Waals surface area contributed by atoms with E-state index in [-0.39, 0.29) is 5.82 Å². The maximum atomic E-state index is 13.5. The first-order valence-corrected chi connectivity index (χ1v) is 7.85. The Labute approximate surface area is 123 Å². The lowest BCUT2D eigenvalue weighted by Crippen LogP contribution is -2.33. The molecule has 0 aliphatic carbocycles. The van der Waals surface area contributed by atoms with E-state index in [1.54, 1.807) is 12.1 Å². The van der Waals surface area contributed by atoms with Crippen LogP contribution >= 0.6 is 0 Å². The number of hydrogen-bond acceptors (Lipinski definition) is 2. The van der Waals surface area contributed by atoms with Gasteiger partial charge in [0.15, 0.2) is 0 Å². The molecule has 0 aliphatic heterocycles. The maximum Gasteiger partial charge on any atom is 0.123 e. The second kappa shape index (κ2) is 8.96. The van der Waals surface area contributed by atoms with Gasteiger partial charge in [-0.25, -0.2) is 4.39 Å². The van der Waals surface area contributed by atoms with Crippen LogP contribution in [0.15, 0.2) is 18.2 Å². The van der Waals surface area contributed by atoms with Gasteiger partial charge in [-0.2, -0.15) is 0 Å². The fourth-order valence-electron chi connectivity index (χ4n) is 2.42. The Morgan fingerprint density at radius 2 is 1.95 bits per heavy atom. The number of unbranched alkanes of at least 4 members (excludes halogenated alkanes) is 2. The zero-order valence-corrected chi connectivity index (χ0v) is 13.4. The summed E-state index contributed by atoms with van der Waals surface area (Å²) in [6.45, 7) is 11.3. The van der Waals surface area contributed by atoms with Gasteiger partial charge in [0.25, 0.3) is 0 Å². The van der Waals surface area contributed by atoms with Crippen LogP contribution in [0.4, 0.5) is 10.1 Å². The predicted octanol–water partition coefficient (Wildman–Crippen LogP) is 4.34. The van der Waals surface area contributed by atoms with E-state index in [2.05, 4.69) is 37.9 Å². The van der Waals surface area contributed by atoms with Crippen molar-refractivity contribution in [3.63, 3.8) is 0 Å². The molecule has 0 unspecified atom stereocenters. The van der Waals surface area contributed by atoms with E-state index in [0.717, 1.165) is 25.2 Å². The van der Waals surface area contributed by atoms with Crippen LogP contribution in [0.2, 0.25) is 0 Å². The van der Waals surface area contributed by atoms with Gasteiger partial charge in [-0.1, -0.05) is 26.7 Å². The van der Waals surface area contributed by atoms with Crippen LogP contribution in [-0.4, -0.2) is 19.1 Å². The summed E-state index contributed by atoms with van der Waals surface area (Å²) >= 11 is 0. The number of nitrogens with zero attached hydrogens (tertiary/aromatic N) is 1. The predicted molar refractivity (Wildman–Crippen MR) is 85.8 cm³/mol. The van der Waals surface area contributed by atoms with Gasteiger partial charge < -0.3 is 10.2 Å².